The first-order chi connectivity index (χ1) is 11.5. The zero-order valence-corrected chi connectivity index (χ0v) is 14.2. The van der Waals surface area contributed by atoms with Gasteiger partial charge in [0.1, 0.15) is 11.5 Å². The van der Waals surface area contributed by atoms with Crippen molar-refractivity contribution in [3.05, 3.63) is 0 Å². The first-order valence-electron chi connectivity index (χ1n) is 7.24. The van der Waals surface area contributed by atoms with E-state index in [1.807, 2.05) is 0 Å². The van der Waals surface area contributed by atoms with E-state index in [1.165, 1.54) is 13.8 Å². The van der Waals surface area contributed by atoms with Gasteiger partial charge in [-0.15, -0.1) is 4.28 Å². The zero-order chi connectivity index (χ0) is 19.0. The second-order valence-electron chi connectivity index (χ2n) is 6.19. The molecule has 0 radical (unpaired) electrons. The molecule has 0 saturated carbocycles. The van der Waals surface area contributed by atoms with Crippen LogP contribution in [0, 0.1) is 16.7 Å². The maximum absolute atomic E-state index is 12.2. The molecule has 0 aromatic heterocycles. The van der Waals surface area contributed by atoms with Gasteiger partial charge in [-0.3, -0.25) is 25.0 Å². The van der Waals surface area contributed by atoms with Crippen molar-refractivity contribution < 1.29 is 31.6 Å². The summed E-state index contributed by atoms with van der Waals surface area (Å²) in [7, 11) is -4.87. The first-order valence-corrected chi connectivity index (χ1v) is 8.61. The first kappa shape index (κ1) is 18.9. The van der Waals surface area contributed by atoms with Crippen LogP contribution in [-0.2, 0) is 24.3 Å². The summed E-state index contributed by atoms with van der Waals surface area (Å²) in [6, 6.07) is -0.686. The molecule has 2 aliphatic rings. The van der Waals surface area contributed by atoms with E-state index in [0.717, 1.165) is 4.90 Å². The monoisotopic (exact) mass is 375 g/mol. The molecule has 0 spiro atoms. The molecule has 2 atom stereocenters. The number of hydrogen-bond acceptors (Lipinski definition) is 7. The largest absolute Gasteiger partial charge is 0.418 e. The highest BCUT2D eigenvalue weighted by atomic mass is 32.3. The minimum absolute atomic E-state index is 0.0318. The maximum Gasteiger partial charge on any atom is 0.418 e. The average Bonchev–Trinajstić information content (AvgIpc) is 2.76. The maximum atomic E-state index is 12.2. The number of fused-ring (bicyclic) bond motifs is 2. The number of piperidine rings is 1. The number of rotatable bonds is 4. The molecular weight excluding hydrogens is 358 g/mol. The SMILES string of the molecule is CC(C)(C#N)C(=O)NNC(=O)C1CC[C@@H]2CN1C(=O)N2OS(=O)(=O)O. The number of urea groups is 1. The minimum atomic E-state index is -4.87. The number of nitriles is 1. The second-order valence-corrected chi connectivity index (χ2v) is 7.19. The third-order valence-corrected chi connectivity index (χ3v) is 4.30. The van der Waals surface area contributed by atoms with E-state index in [9.17, 15) is 22.8 Å². The van der Waals surface area contributed by atoms with Crippen LogP contribution in [0.5, 0.6) is 0 Å². The van der Waals surface area contributed by atoms with Crippen LogP contribution < -0.4 is 10.9 Å². The van der Waals surface area contributed by atoms with Gasteiger partial charge in [0.05, 0.1) is 12.1 Å². The molecule has 0 aromatic carbocycles. The Morgan fingerprint density at radius 1 is 1.36 bits per heavy atom. The van der Waals surface area contributed by atoms with Gasteiger partial charge in [-0.1, -0.05) is 0 Å². The molecule has 1 unspecified atom stereocenters. The number of nitrogens with one attached hydrogen (secondary N) is 2. The molecule has 0 aliphatic carbocycles. The van der Waals surface area contributed by atoms with E-state index in [0.29, 0.717) is 5.06 Å². The summed E-state index contributed by atoms with van der Waals surface area (Å²) >= 11 is 0. The molecule has 25 heavy (non-hydrogen) atoms. The summed E-state index contributed by atoms with van der Waals surface area (Å²) < 4.78 is 34.6. The van der Waals surface area contributed by atoms with Crippen LogP contribution in [0.4, 0.5) is 4.79 Å². The topological polar surface area (TPSA) is 169 Å². The van der Waals surface area contributed by atoms with Crippen molar-refractivity contribution in [1.29, 1.82) is 5.26 Å². The molecular formula is C12H17N5O7S. The van der Waals surface area contributed by atoms with Crippen molar-refractivity contribution in [2.24, 2.45) is 5.41 Å². The van der Waals surface area contributed by atoms with Crippen molar-refractivity contribution >= 4 is 28.2 Å². The van der Waals surface area contributed by atoms with Gasteiger partial charge in [-0.25, -0.2) is 4.79 Å². The van der Waals surface area contributed by atoms with Gasteiger partial charge >= 0.3 is 16.4 Å². The van der Waals surface area contributed by atoms with Crippen molar-refractivity contribution in [2.45, 2.75) is 38.8 Å². The molecule has 2 aliphatic heterocycles. The minimum Gasteiger partial charge on any atom is -0.309 e. The predicted octanol–water partition coefficient (Wildman–Crippen LogP) is -1.31. The molecule has 13 heteroatoms. The number of nitrogens with zero attached hydrogens (tertiary/aromatic N) is 3. The van der Waals surface area contributed by atoms with Crippen LogP contribution in [0.3, 0.4) is 0 Å². The molecule has 2 heterocycles. The number of hydrazine groups is 1. The molecule has 4 amide bonds. The molecule has 3 N–H and O–H groups in total. The Labute approximate surface area is 143 Å². The fraction of sp³-hybridized carbons (Fsp3) is 0.667. The summed E-state index contributed by atoms with van der Waals surface area (Å²) in [4.78, 5) is 37.2. The van der Waals surface area contributed by atoms with E-state index in [-0.39, 0.29) is 19.4 Å². The molecule has 2 rings (SSSR count). The van der Waals surface area contributed by atoms with Crippen LogP contribution in [-0.4, -0.2) is 59.4 Å². The normalized spacial score (nSPS) is 23.2. The lowest BCUT2D eigenvalue weighted by Gasteiger charge is -2.29. The number of carbonyl (C=O) groups is 3. The lowest BCUT2D eigenvalue weighted by atomic mass is 9.95. The third-order valence-electron chi connectivity index (χ3n) is 3.95. The summed E-state index contributed by atoms with van der Waals surface area (Å²) in [6.45, 7) is 2.77. The quantitative estimate of drug-likeness (QED) is 0.401. The van der Waals surface area contributed by atoms with E-state index >= 15 is 0 Å². The molecule has 138 valence electrons. The predicted molar refractivity (Wildman–Crippen MR) is 79.1 cm³/mol. The lowest BCUT2D eigenvalue weighted by Crippen LogP contribution is -2.55. The Bertz CT molecular complexity index is 743. The van der Waals surface area contributed by atoms with E-state index < -0.39 is 45.7 Å². The Morgan fingerprint density at radius 2 is 2.00 bits per heavy atom. The van der Waals surface area contributed by atoms with Gasteiger partial charge < -0.3 is 4.90 Å². The summed E-state index contributed by atoms with van der Waals surface area (Å²) in [6.07, 6.45) is 0.457. The summed E-state index contributed by atoms with van der Waals surface area (Å²) in [5, 5.41) is 9.37. The van der Waals surface area contributed by atoms with Crippen LogP contribution in [0.2, 0.25) is 0 Å². The molecule has 12 nitrogen and oxygen atoms in total. The highest BCUT2D eigenvalue weighted by Gasteiger charge is 2.49. The highest BCUT2D eigenvalue weighted by molar-refractivity contribution is 7.80. The Kier molecular flexibility index (Phi) is 4.89. The number of amides is 4. The van der Waals surface area contributed by atoms with E-state index in [1.54, 1.807) is 6.07 Å². The molecule has 2 fully saturated rings. The average molecular weight is 375 g/mol. The van der Waals surface area contributed by atoms with Crippen molar-refractivity contribution in [3.8, 4) is 6.07 Å². The second kappa shape index (κ2) is 6.47. The lowest BCUT2D eigenvalue weighted by molar-refractivity contribution is -0.134. The van der Waals surface area contributed by atoms with Crippen LogP contribution in [0.1, 0.15) is 26.7 Å². The Balaban J connectivity index is 2.01. The fourth-order valence-electron chi connectivity index (χ4n) is 2.51. The van der Waals surface area contributed by atoms with Gasteiger partial charge in [0.25, 0.3) is 11.8 Å². The van der Waals surface area contributed by atoms with Crippen molar-refractivity contribution in [3.63, 3.8) is 0 Å². The molecule has 2 saturated heterocycles. The van der Waals surface area contributed by atoms with Crippen molar-refractivity contribution in [1.82, 2.24) is 20.8 Å². The third kappa shape index (κ3) is 3.98. The van der Waals surface area contributed by atoms with Crippen LogP contribution >= 0.6 is 0 Å². The van der Waals surface area contributed by atoms with Gasteiger partial charge in [-0.2, -0.15) is 18.7 Å². The molecule has 0 aromatic rings. The Morgan fingerprint density at radius 3 is 2.56 bits per heavy atom. The van der Waals surface area contributed by atoms with Gasteiger partial charge in [0.15, 0.2) is 0 Å². The van der Waals surface area contributed by atoms with Gasteiger partial charge in [-0.05, 0) is 26.7 Å². The van der Waals surface area contributed by atoms with Crippen LogP contribution in [0.25, 0.3) is 0 Å². The smallest absolute Gasteiger partial charge is 0.309 e. The van der Waals surface area contributed by atoms with E-state index in [4.69, 9.17) is 9.81 Å². The summed E-state index contributed by atoms with van der Waals surface area (Å²) in [5.41, 5.74) is 2.91. The Hall–Kier alpha value is -2.43. The highest BCUT2D eigenvalue weighted by Crippen LogP contribution is 2.30. The fourth-order valence-corrected chi connectivity index (χ4v) is 2.90. The molecule has 2 bridgehead atoms. The number of hydroxylamine groups is 2. The van der Waals surface area contributed by atoms with Crippen molar-refractivity contribution in [2.75, 3.05) is 6.54 Å². The van der Waals surface area contributed by atoms with Gasteiger partial charge in [0, 0.05) is 6.54 Å². The zero-order valence-electron chi connectivity index (χ0n) is 13.4. The van der Waals surface area contributed by atoms with E-state index in [2.05, 4.69) is 15.1 Å². The van der Waals surface area contributed by atoms with Crippen LogP contribution in [0.15, 0.2) is 0 Å². The summed E-state index contributed by atoms with van der Waals surface area (Å²) in [5.74, 6) is -1.41. The number of hydrogen-bond donors (Lipinski definition) is 3. The number of carbonyl (C=O) groups excluding carboxylic acids is 3. The van der Waals surface area contributed by atoms with Gasteiger partial charge in [0.2, 0.25) is 0 Å². The standard InChI is InChI=1S/C12H17N5O7S/c1-12(2,6-13)10(19)15-14-9(18)8-4-3-7-5-16(8)11(20)17(7)24-25(21,22)23/h7-8H,3-5H2,1-2H3,(H,14,18)(H,15,19)(H,21,22,23)/t7-,8?/m1/s1.